The van der Waals surface area contributed by atoms with Crippen molar-refractivity contribution in [2.75, 3.05) is 18.1 Å². The molecule has 0 fully saturated rings. The highest BCUT2D eigenvalue weighted by Gasteiger charge is 2.22. The molecule has 0 aliphatic carbocycles. The van der Waals surface area contributed by atoms with Gasteiger partial charge in [-0.2, -0.15) is 0 Å². The first-order valence-corrected chi connectivity index (χ1v) is 10.8. The van der Waals surface area contributed by atoms with Crippen LogP contribution in [0.25, 0.3) is 10.2 Å². The van der Waals surface area contributed by atoms with E-state index in [0.29, 0.717) is 23.2 Å². The summed E-state index contributed by atoms with van der Waals surface area (Å²) in [6.45, 7) is 3.91. The zero-order chi connectivity index (χ0) is 19.3. The van der Waals surface area contributed by atoms with Crippen LogP contribution in [-0.2, 0) is 6.54 Å². The number of rotatable bonds is 8. The lowest BCUT2D eigenvalue weighted by molar-refractivity contribution is 0.0990. The molecule has 28 heavy (non-hydrogen) atoms. The van der Waals surface area contributed by atoms with Crippen LogP contribution in [0.1, 0.15) is 23.0 Å². The SMILES string of the molecule is CCOc1cccc2sc(N(CCCn3ccnc3)C(=O)c3cccs3)nc12. The van der Waals surface area contributed by atoms with Crippen LogP contribution in [0, 0.1) is 0 Å². The summed E-state index contributed by atoms with van der Waals surface area (Å²) in [6.07, 6.45) is 6.29. The van der Waals surface area contributed by atoms with Crippen LogP contribution in [0.4, 0.5) is 5.13 Å². The number of ether oxygens (including phenoxy) is 1. The summed E-state index contributed by atoms with van der Waals surface area (Å²) >= 11 is 2.97. The van der Waals surface area contributed by atoms with Crippen molar-refractivity contribution < 1.29 is 9.53 Å². The van der Waals surface area contributed by atoms with Gasteiger partial charge in [0, 0.05) is 25.5 Å². The quantitative estimate of drug-likeness (QED) is 0.421. The zero-order valence-electron chi connectivity index (χ0n) is 15.4. The molecule has 0 unspecified atom stereocenters. The third-order valence-corrected chi connectivity index (χ3v) is 6.14. The molecule has 0 aliphatic heterocycles. The molecule has 1 aromatic carbocycles. The number of hydrogen-bond donors (Lipinski definition) is 0. The third-order valence-electron chi connectivity index (χ3n) is 4.24. The number of benzene rings is 1. The standard InChI is InChI=1S/C20H20N4O2S2/c1-2-26-15-6-3-7-16-18(15)22-20(28-16)24(19(25)17-8-4-13-27-17)11-5-10-23-12-9-21-14-23/h3-4,6-9,12-14H,2,5,10-11H2,1H3. The molecule has 0 saturated heterocycles. The highest BCUT2D eigenvalue weighted by atomic mass is 32.1. The Morgan fingerprint density at radius 3 is 2.96 bits per heavy atom. The maximum Gasteiger partial charge on any atom is 0.270 e. The van der Waals surface area contributed by atoms with Crippen molar-refractivity contribution in [3.8, 4) is 5.75 Å². The van der Waals surface area contributed by atoms with Crippen LogP contribution < -0.4 is 9.64 Å². The summed E-state index contributed by atoms with van der Waals surface area (Å²) in [4.78, 5) is 24.5. The lowest BCUT2D eigenvalue weighted by Crippen LogP contribution is -2.31. The topological polar surface area (TPSA) is 60.2 Å². The van der Waals surface area contributed by atoms with Gasteiger partial charge in [0.15, 0.2) is 5.13 Å². The molecule has 0 radical (unpaired) electrons. The van der Waals surface area contributed by atoms with Crippen molar-refractivity contribution in [3.63, 3.8) is 0 Å². The summed E-state index contributed by atoms with van der Waals surface area (Å²) in [6, 6.07) is 9.64. The molecule has 4 rings (SSSR count). The Bertz CT molecular complexity index is 1040. The molecule has 0 saturated carbocycles. The van der Waals surface area contributed by atoms with Gasteiger partial charge in [0.05, 0.1) is 22.5 Å². The highest BCUT2D eigenvalue weighted by molar-refractivity contribution is 7.22. The number of aryl methyl sites for hydroxylation is 1. The molecule has 0 spiro atoms. The van der Waals surface area contributed by atoms with E-state index in [2.05, 4.69) is 4.98 Å². The second-order valence-electron chi connectivity index (χ2n) is 6.12. The fourth-order valence-electron chi connectivity index (χ4n) is 2.95. The van der Waals surface area contributed by atoms with E-state index in [4.69, 9.17) is 9.72 Å². The number of fused-ring (bicyclic) bond motifs is 1. The lowest BCUT2D eigenvalue weighted by atomic mass is 10.3. The maximum absolute atomic E-state index is 13.1. The van der Waals surface area contributed by atoms with Crippen LogP contribution >= 0.6 is 22.7 Å². The van der Waals surface area contributed by atoms with Gasteiger partial charge in [-0.3, -0.25) is 9.69 Å². The fourth-order valence-corrected chi connectivity index (χ4v) is 4.63. The highest BCUT2D eigenvalue weighted by Crippen LogP contribution is 2.35. The van der Waals surface area contributed by atoms with Crippen LogP contribution in [0.15, 0.2) is 54.4 Å². The first-order valence-electron chi connectivity index (χ1n) is 9.09. The summed E-state index contributed by atoms with van der Waals surface area (Å²) in [5.74, 6) is 0.738. The largest absolute Gasteiger partial charge is 0.492 e. The van der Waals surface area contributed by atoms with Crippen LogP contribution in [0.5, 0.6) is 5.75 Å². The first kappa shape index (κ1) is 18.6. The monoisotopic (exact) mass is 412 g/mol. The Morgan fingerprint density at radius 2 is 2.21 bits per heavy atom. The number of imidazole rings is 1. The fraction of sp³-hybridized carbons (Fsp3) is 0.250. The molecule has 3 aromatic heterocycles. The number of hydrogen-bond acceptors (Lipinski definition) is 6. The number of anilines is 1. The number of carbonyl (C=O) groups excluding carboxylic acids is 1. The minimum atomic E-state index is -0.0161. The summed E-state index contributed by atoms with van der Waals surface area (Å²) in [5.41, 5.74) is 0.808. The van der Waals surface area contributed by atoms with Gasteiger partial charge >= 0.3 is 0 Å². The minimum absolute atomic E-state index is 0.0161. The van der Waals surface area contributed by atoms with Crippen molar-refractivity contribution >= 4 is 43.9 Å². The molecular weight excluding hydrogens is 392 g/mol. The molecule has 0 bridgehead atoms. The van der Waals surface area contributed by atoms with E-state index in [0.717, 1.165) is 28.9 Å². The second kappa shape index (κ2) is 8.53. The Labute approximate surface area is 171 Å². The van der Waals surface area contributed by atoms with E-state index in [-0.39, 0.29) is 5.91 Å². The molecular formula is C20H20N4O2S2. The van der Waals surface area contributed by atoms with Gasteiger partial charge < -0.3 is 9.30 Å². The molecule has 3 heterocycles. The van der Waals surface area contributed by atoms with Crippen LogP contribution in [-0.4, -0.2) is 33.6 Å². The van der Waals surface area contributed by atoms with Crippen molar-refractivity contribution in [1.82, 2.24) is 14.5 Å². The maximum atomic E-state index is 13.1. The Kier molecular flexibility index (Phi) is 5.68. The second-order valence-corrected chi connectivity index (χ2v) is 8.08. The Balaban J connectivity index is 1.63. The van der Waals surface area contributed by atoms with E-state index in [1.807, 2.05) is 53.4 Å². The molecule has 8 heteroatoms. The Morgan fingerprint density at radius 1 is 1.29 bits per heavy atom. The number of para-hydroxylation sites is 1. The lowest BCUT2D eigenvalue weighted by Gasteiger charge is -2.19. The zero-order valence-corrected chi connectivity index (χ0v) is 17.1. The average Bonchev–Trinajstić information content (AvgIpc) is 3.47. The number of thiophene rings is 1. The van der Waals surface area contributed by atoms with Gasteiger partial charge in [0.25, 0.3) is 5.91 Å². The van der Waals surface area contributed by atoms with Crippen molar-refractivity contribution in [2.45, 2.75) is 19.9 Å². The number of aromatic nitrogens is 3. The van der Waals surface area contributed by atoms with Crippen molar-refractivity contribution in [1.29, 1.82) is 0 Å². The smallest absolute Gasteiger partial charge is 0.270 e. The molecule has 4 aromatic rings. The normalized spacial score (nSPS) is 11.0. The number of amides is 1. The van der Waals surface area contributed by atoms with Crippen molar-refractivity contribution in [3.05, 3.63) is 59.3 Å². The van der Waals surface area contributed by atoms with Crippen molar-refractivity contribution in [2.24, 2.45) is 0 Å². The molecule has 0 N–H and O–H groups in total. The molecule has 144 valence electrons. The molecule has 0 aliphatic rings. The van der Waals surface area contributed by atoms with Gasteiger partial charge in [-0.05, 0) is 36.9 Å². The van der Waals surface area contributed by atoms with Crippen LogP contribution in [0.3, 0.4) is 0 Å². The van der Waals surface area contributed by atoms with E-state index in [1.54, 1.807) is 17.4 Å². The average molecular weight is 413 g/mol. The number of nitrogens with zero attached hydrogens (tertiary/aromatic N) is 4. The van der Waals surface area contributed by atoms with Gasteiger partial charge in [-0.15, -0.1) is 11.3 Å². The molecule has 6 nitrogen and oxygen atoms in total. The van der Waals surface area contributed by atoms with E-state index in [1.165, 1.54) is 22.7 Å². The van der Waals surface area contributed by atoms with Gasteiger partial charge in [-0.25, -0.2) is 9.97 Å². The summed E-state index contributed by atoms with van der Waals surface area (Å²) in [5, 5.41) is 2.62. The molecule has 0 atom stereocenters. The van der Waals surface area contributed by atoms with E-state index in [9.17, 15) is 4.79 Å². The van der Waals surface area contributed by atoms with E-state index < -0.39 is 0 Å². The van der Waals surface area contributed by atoms with Gasteiger partial charge in [-0.1, -0.05) is 23.5 Å². The number of thiazole rings is 1. The summed E-state index contributed by atoms with van der Waals surface area (Å²) < 4.78 is 8.73. The third kappa shape index (κ3) is 3.93. The van der Waals surface area contributed by atoms with Crippen LogP contribution in [0.2, 0.25) is 0 Å². The number of carbonyl (C=O) groups is 1. The molecule has 1 amide bonds. The van der Waals surface area contributed by atoms with Gasteiger partial charge in [0.2, 0.25) is 0 Å². The Hall–Kier alpha value is -2.71. The predicted molar refractivity (Wildman–Crippen MR) is 114 cm³/mol. The first-order chi connectivity index (χ1) is 13.8. The van der Waals surface area contributed by atoms with Gasteiger partial charge in [0.1, 0.15) is 11.3 Å². The van der Waals surface area contributed by atoms with E-state index >= 15 is 0 Å². The minimum Gasteiger partial charge on any atom is -0.492 e. The summed E-state index contributed by atoms with van der Waals surface area (Å²) in [7, 11) is 0. The predicted octanol–water partition coefficient (Wildman–Crippen LogP) is 4.69.